The number of halogens is 2. The molecule has 2 aromatic carbocycles. The van der Waals surface area contributed by atoms with Crippen LogP contribution >= 0.6 is 11.6 Å². The minimum atomic E-state index is -0.763. The number of nitro groups is 1. The number of amides is 1. The molecular formula is C13H9ClFN3O3. The molecule has 2 rings (SSSR count). The van der Waals surface area contributed by atoms with Gasteiger partial charge in [-0.05, 0) is 30.3 Å². The SMILES string of the molecule is Nc1ccc(C(=O)Nc2ccc([N+](=O)[O-])c(Cl)c2)c(F)c1. The molecule has 0 aromatic heterocycles. The molecule has 0 fully saturated rings. The summed E-state index contributed by atoms with van der Waals surface area (Å²) >= 11 is 5.72. The van der Waals surface area contributed by atoms with E-state index in [2.05, 4.69) is 5.32 Å². The van der Waals surface area contributed by atoms with Crippen LogP contribution in [0.4, 0.5) is 21.5 Å². The van der Waals surface area contributed by atoms with Gasteiger partial charge in [-0.2, -0.15) is 0 Å². The second-order valence-electron chi connectivity index (χ2n) is 4.12. The highest BCUT2D eigenvalue weighted by Crippen LogP contribution is 2.27. The lowest BCUT2D eigenvalue weighted by Crippen LogP contribution is -2.14. The highest BCUT2D eigenvalue weighted by molar-refractivity contribution is 6.33. The van der Waals surface area contributed by atoms with Crippen molar-refractivity contribution in [3.63, 3.8) is 0 Å². The molecule has 0 aliphatic carbocycles. The number of rotatable bonds is 3. The third-order valence-electron chi connectivity index (χ3n) is 2.64. The largest absolute Gasteiger partial charge is 0.399 e. The lowest BCUT2D eigenvalue weighted by atomic mass is 10.1. The number of nitrogen functional groups attached to an aromatic ring is 1. The summed E-state index contributed by atoms with van der Waals surface area (Å²) < 4.78 is 13.6. The number of nitro benzene ring substituents is 1. The first-order valence-corrected chi connectivity index (χ1v) is 6.06. The third-order valence-corrected chi connectivity index (χ3v) is 2.94. The van der Waals surface area contributed by atoms with Gasteiger partial charge >= 0.3 is 0 Å². The van der Waals surface area contributed by atoms with Crippen LogP contribution in [0.15, 0.2) is 36.4 Å². The van der Waals surface area contributed by atoms with Gasteiger partial charge in [-0.25, -0.2) is 4.39 Å². The van der Waals surface area contributed by atoms with Crippen LogP contribution in [-0.2, 0) is 0 Å². The average molecular weight is 310 g/mol. The number of nitrogens with one attached hydrogen (secondary N) is 1. The molecular weight excluding hydrogens is 301 g/mol. The normalized spacial score (nSPS) is 10.2. The van der Waals surface area contributed by atoms with E-state index in [1.165, 1.54) is 24.3 Å². The molecule has 0 radical (unpaired) electrons. The van der Waals surface area contributed by atoms with Crippen molar-refractivity contribution in [3.8, 4) is 0 Å². The fourth-order valence-corrected chi connectivity index (χ4v) is 1.90. The first kappa shape index (κ1) is 14.7. The summed E-state index contributed by atoms with van der Waals surface area (Å²) in [4.78, 5) is 21.9. The molecule has 2 aromatic rings. The van der Waals surface area contributed by atoms with Crippen LogP contribution in [0.3, 0.4) is 0 Å². The van der Waals surface area contributed by atoms with Crippen molar-refractivity contribution in [3.05, 3.63) is 62.9 Å². The van der Waals surface area contributed by atoms with Crippen LogP contribution in [0.2, 0.25) is 5.02 Å². The highest BCUT2D eigenvalue weighted by atomic mass is 35.5. The fourth-order valence-electron chi connectivity index (χ4n) is 1.65. The molecule has 0 spiro atoms. The van der Waals surface area contributed by atoms with Crippen LogP contribution in [0, 0.1) is 15.9 Å². The zero-order valence-corrected chi connectivity index (χ0v) is 11.2. The topological polar surface area (TPSA) is 98.3 Å². The smallest absolute Gasteiger partial charge is 0.288 e. The van der Waals surface area contributed by atoms with E-state index in [1.807, 2.05) is 0 Å². The molecule has 0 saturated carbocycles. The Bertz CT molecular complexity index is 737. The average Bonchev–Trinajstić information content (AvgIpc) is 2.37. The molecule has 0 saturated heterocycles. The van der Waals surface area contributed by atoms with Crippen LogP contribution < -0.4 is 11.1 Å². The van der Waals surface area contributed by atoms with Crippen LogP contribution in [-0.4, -0.2) is 10.8 Å². The maximum absolute atomic E-state index is 13.6. The van der Waals surface area contributed by atoms with Gasteiger partial charge in [0.05, 0.1) is 10.5 Å². The van der Waals surface area contributed by atoms with E-state index in [4.69, 9.17) is 17.3 Å². The van der Waals surface area contributed by atoms with Crippen molar-refractivity contribution in [1.29, 1.82) is 0 Å². The Morgan fingerprint density at radius 2 is 2.00 bits per heavy atom. The van der Waals surface area contributed by atoms with Gasteiger partial charge in [-0.3, -0.25) is 14.9 Å². The third kappa shape index (κ3) is 3.26. The van der Waals surface area contributed by atoms with Crippen molar-refractivity contribution in [2.45, 2.75) is 0 Å². The lowest BCUT2D eigenvalue weighted by molar-refractivity contribution is -0.384. The molecule has 0 aliphatic heterocycles. The number of nitrogens with two attached hydrogens (primary N) is 1. The van der Waals surface area contributed by atoms with Crippen molar-refractivity contribution < 1.29 is 14.1 Å². The summed E-state index contributed by atoms with van der Waals surface area (Å²) in [6.07, 6.45) is 0. The van der Waals surface area contributed by atoms with Gasteiger partial charge < -0.3 is 11.1 Å². The second kappa shape index (κ2) is 5.76. The summed E-state index contributed by atoms with van der Waals surface area (Å²) in [7, 11) is 0. The standard InChI is InChI=1S/C13H9ClFN3O3/c14-10-6-8(2-4-12(10)18(20)21)17-13(19)9-3-1-7(16)5-11(9)15/h1-6H,16H2,(H,17,19). The number of nitrogens with zero attached hydrogens (tertiary/aromatic N) is 1. The van der Waals surface area contributed by atoms with Crippen LogP contribution in [0.1, 0.15) is 10.4 Å². The van der Waals surface area contributed by atoms with Crippen molar-refractivity contribution in [1.82, 2.24) is 0 Å². The Morgan fingerprint density at radius 1 is 1.29 bits per heavy atom. The van der Waals surface area contributed by atoms with Crippen molar-refractivity contribution >= 4 is 34.6 Å². The summed E-state index contributed by atoms with van der Waals surface area (Å²) in [5, 5.41) is 12.9. The van der Waals surface area contributed by atoms with Crippen LogP contribution in [0.25, 0.3) is 0 Å². The Kier molecular flexibility index (Phi) is 4.04. The Morgan fingerprint density at radius 3 is 2.57 bits per heavy atom. The quantitative estimate of drug-likeness (QED) is 0.516. The van der Waals surface area contributed by atoms with Crippen molar-refractivity contribution in [2.24, 2.45) is 0 Å². The number of carbonyl (C=O) groups excluding carboxylic acids is 1. The van der Waals surface area contributed by atoms with Crippen LogP contribution in [0.5, 0.6) is 0 Å². The van der Waals surface area contributed by atoms with Gasteiger partial charge in [0, 0.05) is 17.4 Å². The Hall–Kier alpha value is -2.67. The van der Waals surface area contributed by atoms with Gasteiger partial charge in [0.1, 0.15) is 10.8 Å². The van der Waals surface area contributed by atoms with Gasteiger partial charge in [-0.1, -0.05) is 11.6 Å². The van der Waals surface area contributed by atoms with E-state index >= 15 is 0 Å². The number of benzene rings is 2. The number of hydrogen-bond donors (Lipinski definition) is 2. The van der Waals surface area contributed by atoms with Gasteiger partial charge in [0.15, 0.2) is 0 Å². The van der Waals surface area contributed by atoms with E-state index in [1.54, 1.807) is 0 Å². The predicted octanol–water partition coefficient (Wildman–Crippen LogP) is 3.22. The first-order chi connectivity index (χ1) is 9.88. The van der Waals surface area contributed by atoms with E-state index in [9.17, 15) is 19.3 Å². The zero-order chi connectivity index (χ0) is 15.6. The number of anilines is 2. The number of hydrogen-bond acceptors (Lipinski definition) is 4. The maximum atomic E-state index is 13.6. The molecule has 0 atom stereocenters. The molecule has 108 valence electrons. The summed E-state index contributed by atoms with van der Waals surface area (Å²) in [6, 6.07) is 7.33. The molecule has 8 heteroatoms. The van der Waals surface area contributed by atoms with E-state index < -0.39 is 16.6 Å². The molecule has 21 heavy (non-hydrogen) atoms. The minimum Gasteiger partial charge on any atom is -0.399 e. The zero-order valence-electron chi connectivity index (χ0n) is 10.5. The van der Waals surface area contributed by atoms with Crippen molar-refractivity contribution in [2.75, 3.05) is 11.1 Å². The highest BCUT2D eigenvalue weighted by Gasteiger charge is 2.15. The lowest BCUT2D eigenvalue weighted by Gasteiger charge is -2.07. The predicted molar refractivity (Wildman–Crippen MR) is 76.9 cm³/mol. The molecule has 0 heterocycles. The molecule has 6 nitrogen and oxygen atoms in total. The molecule has 0 bridgehead atoms. The summed E-state index contributed by atoms with van der Waals surface area (Å²) in [5.41, 5.74) is 5.32. The van der Waals surface area contributed by atoms with E-state index in [0.29, 0.717) is 0 Å². The Labute approximate surface area is 123 Å². The fraction of sp³-hybridized carbons (Fsp3) is 0. The molecule has 3 N–H and O–H groups in total. The monoisotopic (exact) mass is 309 g/mol. The summed E-state index contributed by atoms with van der Waals surface area (Å²) in [5.74, 6) is -1.47. The molecule has 1 amide bonds. The molecule has 0 aliphatic rings. The second-order valence-corrected chi connectivity index (χ2v) is 4.52. The minimum absolute atomic E-state index is 0.129. The first-order valence-electron chi connectivity index (χ1n) is 5.69. The Balaban J connectivity index is 2.23. The van der Waals surface area contributed by atoms with Gasteiger partial charge in [0.2, 0.25) is 0 Å². The molecule has 0 unspecified atom stereocenters. The summed E-state index contributed by atoms with van der Waals surface area (Å²) in [6.45, 7) is 0. The van der Waals surface area contributed by atoms with E-state index in [-0.39, 0.29) is 27.6 Å². The van der Waals surface area contributed by atoms with Gasteiger partial charge in [0.25, 0.3) is 11.6 Å². The van der Waals surface area contributed by atoms with E-state index in [0.717, 1.165) is 12.1 Å². The van der Waals surface area contributed by atoms with Gasteiger partial charge in [-0.15, -0.1) is 0 Å². The number of carbonyl (C=O) groups is 1. The maximum Gasteiger partial charge on any atom is 0.288 e.